The van der Waals surface area contributed by atoms with Gasteiger partial charge in [-0.25, -0.2) is 4.79 Å². The Morgan fingerprint density at radius 2 is 1.88 bits per heavy atom. The first-order valence-corrected chi connectivity index (χ1v) is 11.5. The Bertz CT molecular complexity index is 1230. The summed E-state index contributed by atoms with van der Waals surface area (Å²) in [6.07, 6.45) is 0.776. The lowest BCUT2D eigenvalue weighted by Crippen LogP contribution is -2.49. The highest BCUT2D eigenvalue weighted by Crippen LogP contribution is 2.23. The van der Waals surface area contributed by atoms with Crippen LogP contribution in [-0.4, -0.2) is 64.5 Å². The summed E-state index contributed by atoms with van der Waals surface area (Å²) in [4.78, 5) is 39.2. The van der Waals surface area contributed by atoms with E-state index in [0.717, 1.165) is 19.6 Å². The highest BCUT2D eigenvalue weighted by Gasteiger charge is 2.21. The molecule has 1 aliphatic heterocycles. The summed E-state index contributed by atoms with van der Waals surface area (Å²) in [5, 5.41) is 11.5. The van der Waals surface area contributed by atoms with E-state index in [1.165, 1.54) is 22.8 Å². The number of fused-ring (bicyclic) bond motifs is 1. The van der Waals surface area contributed by atoms with Crippen molar-refractivity contribution in [2.75, 3.05) is 39.3 Å². The fourth-order valence-electron chi connectivity index (χ4n) is 3.99. The Hall–Kier alpha value is -3.37. The largest absolute Gasteiger partial charge is 0.491 e. The molecule has 1 aliphatic rings. The van der Waals surface area contributed by atoms with Crippen LogP contribution in [0.2, 0.25) is 5.02 Å². The third-order valence-corrected chi connectivity index (χ3v) is 6.17. The number of para-hydroxylation sites is 1. The van der Waals surface area contributed by atoms with Crippen molar-refractivity contribution < 1.29 is 18.9 Å². The molecule has 2 heterocycles. The predicted molar refractivity (Wildman–Crippen MR) is 126 cm³/mol. The molecule has 10 nitrogen and oxygen atoms in total. The number of hydrogen-bond donors (Lipinski definition) is 0. The maximum Gasteiger partial charge on any atom is 0.419 e. The number of ether oxygens (including phenoxy) is 1. The minimum absolute atomic E-state index is 0.0449. The molecule has 0 bridgehead atoms. The number of oxazole rings is 1. The second-order valence-electron chi connectivity index (χ2n) is 8.03. The van der Waals surface area contributed by atoms with Gasteiger partial charge in [-0.05, 0) is 24.6 Å². The number of piperazine rings is 1. The number of carbonyl (C=O) groups is 1. The van der Waals surface area contributed by atoms with Gasteiger partial charge in [-0.2, -0.15) is 0 Å². The number of aromatic nitrogens is 1. The number of hydrogen-bond acceptors (Lipinski definition) is 7. The van der Waals surface area contributed by atoms with Crippen molar-refractivity contribution >= 4 is 34.3 Å². The molecule has 1 saturated heterocycles. The van der Waals surface area contributed by atoms with E-state index >= 15 is 0 Å². The zero-order chi connectivity index (χ0) is 24.1. The number of carbonyl (C=O) groups excluding carboxylic acids is 1. The van der Waals surface area contributed by atoms with Crippen molar-refractivity contribution in [3.63, 3.8) is 0 Å². The number of non-ortho nitro benzene ring substituents is 1. The van der Waals surface area contributed by atoms with Crippen molar-refractivity contribution in [1.82, 2.24) is 14.4 Å². The molecular weight excluding hydrogens is 464 g/mol. The molecule has 1 amide bonds. The van der Waals surface area contributed by atoms with E-state index in [-0.39, 0.29) is 17.2 Å². The van der Waals surface area contributed by atoms with Crippen LogP contribution in [0.5, 0.6) is 5.75 Å². The predicted octanol–water partition coefficient (Wildman–Crippen LogP) is 3.16. The maximum absolute atomic E-state index is 12.6. The molecule has 180 valence electrons. The number of benzene rings is 2. The van der Waals surface area contributed by atoms with E-state index in [1.54, 1.807) is 6.07 Å². The van der Waals surface area contributed by atoms with Gasteiger partial charge in [-0.15, -0.1) is 0 Å². The van der Waals surface area contributed by atoms with E-state index in [2.05, 4.69) is 4.90 Å². The van der Waals surface area contributed by atoms with Gasteiger partial charge in [0.1, 0.15) is 12.4 Å². The van der Waals surface area contributed by atoms with Gasteiger partial charge >= 0.3 is 5.76 Å². The zero-order valence-corrected chi connectivity index (χ0v) is 19.3. The molecule has 3 aromatic rings. The second-order valence-corrected chi connectivity index (χ2v) is 8.44. The Morgan fingerprint density at radius 1 is 1.12 bits per heavy atom. The SMILES string of the molecule is O=C(CCCn1c(=O)oc2cc([N+](=O)[O-])ccc21)N1CCN(CCOc2ccccc2Cl)CC1. The summed E-state index contributed by atoms with van der Waals surface area (Å²) in [5.41, 5.74) is 0.508. The normalized spacial score (nSPS) is 14.4. The Morgan fingerprint density at radius 3 is 2.62 bits per heavy atom. The average molecular weight is 489 g/mol. The molecular formula is C23H25ClN4O6. The standard InChI is InChI=1S/C23H25ClN4O6/c24-18-4-1-2-5-20(18)33-15-14-25-10-12-26(13-11-25)22(29)6-3-9-27-19-8-7-17(28(31)32)16-21(19)34-23(27)30/h1-2,4-5,7-8,16H,3,6,9-15H2. The summed E-state index contributed by atoms with van der Waals surface area (Å²) in [7, 11) is 0. The van der Waals surface area contributed by atoms with Crippen molar-refractivity contribution in [3.8, 4) is 5.75 Å². The van der Waals surface area contributed by atoms with Crippen molar-refractivity contribution in [2.24, 2.45) is 0 Å². The Kier molecular flexibility index (Phi) is 7.49. The molecule has 0 radical (unpaired) electrons. The van der Waals surface area contributed by atoms with Gasteiger partial charge in [0.2, 0.25) is 5.91 Å². The average Bonchev–Trinajstić information content (AvgIpc) is 3.15. The topological polar surface area (TPSA) is 111 Å². The number of nitrogens with zero attached hydrogens (tertiary/aromatic N) is 4. The van der Waals surface area contributed by atoms with Crippen LogP contribution in [0, 0.1) is 10.1 Å². The molecule has 4 rings (SSSR count). The number of amides is 1. The fraction of sp³-hybridized carbons (Fsp3) is 0.391. The minimum Gasteiger partial charge on any atom is -0.491 e. The number of aryl methyl sites for hydroxylation is 1. The number of rotatable bonds is 9. The summed E-state index contributed by atoms with van der Waals surface area (Å²) in [6, 6.07) is 11.4. The maximum atomic E-state index is 12.6. The van der Waals surface area contributed by atoms with Gasteiger partial charge in [0.05, 0.1) is 21.5 Å². The molecule has 0 N–H and O–H groups in total. The molecule has 1 aromatic heterocycles. The lowest BCUT2D eigenvalue weighted by molar-refractivity contribution is -0.384. The van der Waals surface area contributed by atoms with Crippen molar-refractivity contribution in [3.05, 3.63) is 68.2 Å². The summed E-state index contributed by atoms with van der Waals surface area (Å²) in [6.45, 7) is 4.39. The molecule has 0 atom stereocenters. The van der Waals surface area contributed by atoms with Crippen LogP contribution in [0.1, 0.15) is 12.8 Å². The van der Waals surface area contributed by atoms with Crippen LogP contribution in [0.15, 0.2) is 51.7 Å². The van der Waals surface area contributed by atoms with Gasteiger partial charge in [-0.1, -0.05) is 23.7 Å². The summed E-state index contributed by atoms with van der Waals surface area (Å²) >= 11 is 6.10. The van der Waals surface area contributed by atoms with Crippen molar-refractivity contribution in [1.29, 1.82) is 0 Å². The Labute approximate surface area is 200 Å². The first kappa shape index (κ1) is 23.8. The summed E-state index contributed by atoms with van der Waals surface area (Å²) in [5.74, 6) is 0.125. The molecule has 0 aliphatic carbocycles. The first-order chi connectivity index (χ1) is 16.4. The van der Waals surface area contributed by atoms with Crippen LogP contribution < -0.4 is 10.5 Å². The quantitative estimate of drug-likeness (QED) is 0.336. The van der Waals surface area contributed by atoms with Gasteiger partial charge in [-0.3, -0.25) is 24.4 Å². The molecule has 0 spiro atoms. The smallest absolute Gasteiger partial charge is 0.419 e. The van der Waals surface area contributed by atoms with Gasteiger partial charge in [0, 0.05) is 51.8 Å². The van der Waals surface area contributed by atoms with Crippen LogP contribution >= 0.6 is 11.6 Å². The van der Waals surface area contributed by atoms with E-state index in [4.69, 9.17) is 20.8 Å². The first-order valence-electron chi connectivity index (χ1n) is 11.1. The van der Waals surface area contributed by atoms with Crippen LogP contribution in [-0.2, 0) is 11.3 Å². The number of nitro benzene ring substituents is 1. The number of nitro groups is 1. The second kappa shape index (κ2) is 10.7. The molecule has 1 fully saturated rings. The van der Waals surface area contributed by atoms with E-state index < -0.39 is 10.7 Å². The van der Waals surface area contributed by atoms with E-state index in [0.29, 0.717) is 55.4 Å². The van der Waals surface area contributed by atoms with Crippen LogP contribution in [0.3, 0.4) is 0 Å². The summed E-state index contributed by atoms with van der Waals surface area (Å²) < 4.78 is 12.3. The fourth-order valence-corrected chi connectivity index (χ4v) is 4.18. The molecule has 34 heavy (non-hydrogen) atoms. The van der Waals surface area contributed by atoms with E-state index in [9.17, 15) is 19.7 Å². The highest BCUT2D eigenvalue weighted by atomic mass is 35.5. The monoisotopic (exact) mass is 488 g/mol. The lowest BCUT2D eigenvalue weighted by atomic mass is 10.2. The minimum atomic E-state index is -0.587. The van der Waals surface area contributed by atoms with Crippen LogP contribution in [0.25, 0.3) is 11.1 Å². The lowest BCUT2D eigenvalue weighted by Gasteiger charge is -2.34. The molecule has 11 heteroatoms. The third-order valence-electron chi connectivity index (χ3n) is 5.86. The van der Waals surface area contributed by atoms with Crippen LogP contribution in [0.4, 0.5) is 5.69 Å². The number of halogens is 1. The molecule has 0 saturated carbocycles. The van der Waals surface area contributed by atoms with Gasteiger partial charge in [0.25, 0.3) is 5.69 Å². The zero-order valence-electron chi connectivity index (χ0n) is 18.5. The van der Waals surface area contributed by atoms with Gasteiger partial charge < -0.3 is 14.1 Å². The third kappa shape index (κ3) is 5.57. The van der Waals surface area contributed by atoms with E-state index in [1.807, 2.05) is 23.1 Å². The molecule has 2 aromatic carbocycles. The highest BCUT2D eigenvalue weighted by molar-refractivity contribution is 6.32. The molecule has 0 unspecified atom stereocenters. The van der Waals surface area contributed by atoms with Gasteiger partial charge in [0.15, 0.2) is 5.58 Å². The van der Waals surface area contributed by atoms with Crippen molar-refractivity contribution in [2.45, 2.75) is 19.4 Å². The Balaban J connectivity index is 1.20.